The Kier molecular flexibility index (Phi) is 3.31. The first kappa shape index (κ1) is 12.9. The van der Waals surface area contributed by atoms with Crippen LogP contribution in [0.4, 0.5) is 0 Å². The summed E-state index contributed by atoms with van der Waals surface area (Å²) in [6.07, 6.45) is 7.58. The Labute approximate surface area is 119 Å². The number of hydrogen-bond acceptors (Lipinski definition) is 2. The van der Waals surface area contributed by atoms with E-state index in [-0.39, 0.29) is 5.41 Å². The van der Waals surface area contributed by atoms with Gasteiger partial charge in [0.15, 0.2) is 0 Å². The maximum atomic E-state index is 9.72. The molecule has 1 aromatic heterocycles. The van der Waals surface area contributed by atoms with Crippen molar-refractivity contribution < 1.29 is 0 Å². The molecule has 2 aromatic rings. The first-order valence-electron chi connectivity index (χ1n) is 7.24. The Morgan fingerprint density at radius 3 is 2.85 bits per heavy atom. The van der Waals surface area contributed by atoms with Crippen LogP contribution in [-0.2, 0) is 25.8 Å². The Morgan fingerprint density at radius 1 is 1.35 bits per heavy atom. The molecule has 0 bridgehead atoms. The predicted octanol–water partition coefficient (Wildman–Crippen LogP) is 3.14. The molecule has 102 valence electrons. The van der Waals surface area contributed by atoms with Gasteiger partial charge in [-0.1, -0.05) is 24.3 Å². The quantitative estimate of drug-likeness (QED) is 0.855. The lowest BCUT2D eigenvalue weighted by atomic mass is 9.69. The number of fused-ring (bicyclic) bond motifs is 1. The molecule has 0 fully saturated rings. The minimum absolute atomic E-state index is 0.268. The van der Waals surface area contributed by atoms with Crippen molar-refractivity contribution in [2.24, 2.45) is 5.41 Å². The largest absolute Gasteiger partial charge is 0.273 e. The number of benzene rings is 1. The summed E-state index contributed by atoms with van der Waals surface area (Å²) < 4.78 is 1.93. The summed E-state index contributed by atoms with van der Waals surface area (Å²) in [6, 6.07) is 11.1. The van der Waals surface area contributed by atoms with Crippen LogP contribution in [0.5, 0.6) is 0 Å². The van der Waals surface area contributed by atoms with Gasteiger partial charge in [-0.05, 0) is 49.3 Å². The molecule has 1 atom stereocenters. The van der Waals surface area contributed by atoms with Crippen molar-refractivity contribution in [1.82, 2.24) is 9.78 Å². The summed E-state index contributed by atoms with van der Waals surface area (Å²) >= 11 is 0. The van der Waals surface area contributed by atoms with Crippen molar-refractivity contribution in [2.45, 2.75) is 39.2 Å². The van der Waals surface area contributed by atoms with Crippen LogP contribution in [0.25, 0.3) is 0 Å². The molecule has 1 unspecified atom stereocenters. The van der Waals surface area contributed by atoms with Crippen molar-refractivity contribution in [3.8, 4) is 6.07 Å². The van der Waals surface area contributed by atoms with Gasteiger partial charge in [0, 0.05) is 12.7 Å². The zero-order valence-corrected chi connectivity index (χ0v) is 11.8. The maximum Gasteiger partial charge on any atom is 0.0696 e. The summed E-state index contributed by atoms with van der Waals surface area (Å²) in [5.74, 6) is 0. The number of rotatable bonds is 3. The van der Waals surface area contributed by atoms with Gasteiger partial charge in [0.05, 0.1) is 17.7 Å². The normalized spacial score (nSPS) is 21.2. The number of nitrogens with zero attached hydrogens (tertiary/aromatic N) is 3. The van der Waals surface area contributed by atoms with Crippen LogP contribution in [0.15, 0.2) is 36.7 Å². The van der Waals surface area contributed by atoms with Crippen LogP contribution in [0, 0.1) is 16.7 Å². The van der Waals surface area contributed by atoms with Crippen LogP contribution in [-0.4, -0.2) is 9.78 Å². The lowest BCUT2D eigenvalue weighted by Gasteiger charge is -2.32. The molecular formula is C17H19N3. The minimum atomic E-state index is -0.268. The third kappa shape index (κ3) is 2.34. The Balaban J connectivity index is 1.85. The number of hydrogen-bond donors (Lipinski definition) is 0. The van der Waals surface area contributed by atoms with Crippen LogP contribution in [0.2, 0.25) is 0 Å². The monoisotopic (exact) mass is 265 g/mol. The second-order valence-electron chi connectivity index (χ2n) is 5.72. The van der Waals surface area contributed by atoms with E-state index >= 15 is 0 Å². The minimum Gasteiger partial charge on any atom is -0.273 e. The molecule has 20 heavy (non-hydrogen) atoms. The predicted molar refractivity (Wildman–Crippen MR) is 78.1 cm³/mol. The highest BCUT2D eigenvalue weighted by molar-refractivity contribution is 5.33. The Morgan fingerprint density at radius 2 is 2.15 bits per heavy atom. The lowest BCUT2D eigenvalue weighted by molar-refractivity contribution is 0.339. The van der Waals surface area contributed by atoms with Crippen LogP contribution in [0.3, 0.4) is 0 Å². The molecule has 0 saturated heterocycles. The molecule has 3 heteroatoms. The second-order valence-corrected chi connectivity index (χ2v) is 5.72. The van der Waals surface area contributed by atoms with E-state index < -0.39 is 0 Å². The fourth-order valence-corrected chi connectivity index (χ4v) is 3.15. The van der Waals surface area contributed by atoms with Crippen LogP contribution in [0.1, 0.15) is 30.0 Å². The maximum absolute atomic E-state index is 9.72. The van der Waals surface area contributed by atoms with E-state index in [1.807, 2.05) is 10.9 Å². The van der Waals surface area contributed by atoms with Gasteiger partial charge in [-0.2, -0.15) is 10.4 Å². The van der Waals surface area contributed by atoms with Crippen molar-refractivity contribution >= 4 is 0 Å². The molecule has 3 nitrogen and oxygen atoms in total. The molecule has 0 N–H and O–H groups in total. The average molecular weight is 265 g/mol. The summed E-state index contributed by atoms with van der Waals surface area (Å²) in [5, 5.41) is 14.0. The molecule has 1 aromatic carbocycles. The van der Waals surface area contributed by atoms with E-state index in [1.54, 1.807) is 0 Å². The molecular weight excluding hydrogens is 246 g/mol. The SMILES string of the molecule is CCn1cc(CC2(C#N)CCc3ccccc3C2)cn1. The van der Waals surface area contributed by atoms with E-state index in [2.05, 4.69) is 48.6 Å². The van der Waals surface area contributed by atoms with Crippen molar-refractivity contribution in [1.29, 1.82) is 5.26 Å². The smallest absolute Gasteiger partial charge is 0.0696 e. The van der Waals surface area contributed by atoms with Gasteiger partial charge in [0.1, 0.15) is 0 Å². The number of aromatic nitrogens is 2. The van der Waals surface area contributed by atoms with Gasteiger partial charge >= 0.3 is 0 Å². The summed E-state index contributed by atoms with van der Waals surface area (Å²) in [5.41, 5.74) is 3.65. The van der Waals surface area contributed by atoms with Crippen molar-refractivity contribution in [3.05, 3.63) is 53.3 Å². The van der Waals surface area contributed by atoms with Crippen LogP contribution < -0.4 is 0 Å². The van der Waals surface area contributed by atoms with Gasteiger partial charge in [0.25, 0.3) is 0 Å². The van der Waals surface area contributed by atoms with E-state index in [1.165, 1.54) is 16.7 Å². The molecule has 1 aliphatic rings. The van der Waals surface area contributed by atoms with Gasteiger partial charge in [-0.3, -0.25) is 4.68 Å². The summed E-state index contributed by atoms with van der Waals surface area (Å²) in [4.78, 5) is 0. The fourth-order valence-electron chi connectivity index (χ4n) is 3.15. The highest BCUT2D eigenvalue weighted by Gasteiger charge is 2.34. The zero-order valence-electron chi connectivity index (χ0n) is 11.8. The molecule has 1 heterocycles. The second kappa shape index (κ2) is 5.13. The average Bonchev–Trinajstić information content (AvgIpc) is 2.94. The molecule has 0 radical (unpaired) electrons. The molecule has 0 spiro atoms. The summed E-state index contributed by atoms with van der Waals surface area (Å²) in [6.45, 7) is 2.95. The molecule has 0 saturated carbocycles. The van der Waals surface area contributed by atoms with Crippen LogP contribution >= 0.6 is 0 Å². The van der Waals surface area contributed by atoms with Gasteiger partial charge in [-0.15, -0.1) is 0 Å². The fraction of sp³-hybridized carbons (Fsp3) is 0.412. The lowest BCUT2D eigenvalue weighted by Crippen LogP contribution is -2.29. The van der Waals surface area contributed by atoms with Crippen molar-refractivity contribution in [3.63, 3.8) is 0 Å². The van der Waals surface area contributed by atoms with Gasteiger partial charge in [-0.25, -0.2) is 0 Å². The Bertz CT molecular complexity index is 650. The molecule has 0 aliphatic heterocycles. The third-order valence-electron chi connectivity index (χ3n) is 4.31. The number of nitriles is 1. The Hall–Kier alpha value is -2.08. The first-order chi connectivity index (χ1) is 9.74. The highest BCUT2D eigenvalue weighted by atomic mass is 15.3. The number of aryl methyl sites for hydroxylation is 2. The zero-order chi connectivity index (χ0) is 14.0. The van der Waals surface area contributed by atoms with Crippen molar-refractivity contribution in [2.75, 3.05) is 0 Å². The highest BCUT2D eigenvalue weighted by Crippen LogP contribution is 2.37. The van der Waals surface area contributed by atoms with E-state index in [4.69, 9.17) is 0 Å². The topological polar surface area (TPSA) is 41.6 Å². The van der Waals surface area contributed by atoms with E-state index in [9.17, 15) is 5.26 Å². The standard InChI is InChI=1S/C17H19N3/c1-2-20-12-14(11-19-20)9-17(13-18)8-7-15-5-3-4-6-16(15)10-17/h3-6,11-12H,2,7-10H2,1H3. The van der Waals surface area contributed by atoms with Gasteiger partial charge in [0.2, 0.25) is 0 Å². The molecule has 1 aliphatic carbocycles. The third-order valence-corrected chi connectivity index (χ3v) is 4.31. The molecule has 0 amide bonds. The first-order valence-corrected chi connectivity index (χ1v) is 7.24. The molecule has 3 rings (SSSR count). The van der Waals surface area contributed by atoms with E-state index in [0.29, 0.717) is 0 Å². The summed E-state index contributed by atoms with van der Waals surface area (Å²) in [7, 11) is 0. The van der Waals surface area contributed by atoms with Gasteiger partial charge < -0.3 is 0 Å². The van der Waals surface area contributed by atoms with E-state index in [0.717, 1.165) is 32.2 Å².